The molecule has 0 radical (unpaired) electrons. The molecule has 0 aliphatic heterocycles. The monoisotopic (exact) mass is 337 g/mol. The molecule has 0 aromatic carbocycles. The highest BCUT2D eigenvalue weighted by Gasteiger charge is 2.21. The highest BCUT2D eigenvalue weighted by Crippen LogP contribution is 2.23. The maximum absolute atomic E-state index is 12.5. The summed E-state index contributed by atoms with van der Waals surface area (Å²) >= 11 is 7.21. The van der Waals surface area contributed by atoms with Crippen molar-refractivity contribution in [1.82, 2.24) is 9.88 Å². The molecule has 1 N–H and O–H groups in total. The smallest absolute Gasteiger partial charge is 0.325 e. The van der Waals surface area contributed by atoms with E-state index in [-0.39, 0.29) is 24.7 Å². The number of carbonyl (C=O) groups excluding carboxylic acids is 2. The maximum atomic E-state index is 12.5. The van der Waals surface area contributed by atoms with Crippen LogP contribution in [0.15, 0.2) is 24.4 Å². The Balaban J connectivity index is 2.20. The summed E-state index contributed by atoms with van der Waals surface area (Å²) in [6.45, 7) is 0.0519. The molecule has 114 valence electrons. The summed E-state index contributed by atoms with van der Waals surface area (Å²) in [6.07, 6.45) is 1.44. The van der Waals surface area contributed by atoms with Gasteiger partial charge in [-0.25, -0.2) is 0 Å². The van der Waals surface area contributed by atoms with E-state index in [0.29, 0.717) is 9.90 Å². The van der Waals surface area contributed by atoms with Gasteiger partial charge in [-0.05, 0) is 18.2 Å². The standard InChI is InChI=1S/C14H12ClN3O3S/c1-21-13(19)8-18(7-11-2-3-12(15)22-11)14(20)9-4-10(5-16)17-6-9/h2-4,6,17H,7-8H2,1H3. The van der Waals surface area contributed by atoms with Gasteiger partial charge >= 0.3 is 5.97 Å². The Bertz CT molecular complexity index is 732. The first kappa shape index (κ1) is 16.1. The van der Waals surface area contributed by atoms with Gasteiger partial charge in [0.1, 0.15) is 18.3 Å². The van der Waals surface area contributed by atoms with Gasteiger partial charge in [-0.3, -0.25) is 9.59 Å². The number of esters is 1. The van der Waals surface area contributed by atoms with Gasteiger partial charge < -0.3 is 14.6 Å². The van der Waals surface area contributed by atoms with Crippen molar-refractivity contribution in [3.63, 3.8) is 0 Å². The van der Waals surface area contributed by atoms with E-state index in [4.69, 9.17) is 16.9 Å². The van der Waals surface area contributed by atoms with Crippen LogP contribution in [0.2, 0.25) is 4.34 Å². The van der Waals surface area contributed by atoms with Gasteiger partial charge in [0.2, 0.25) is 0 Å². The second-order valence-electron chi connectivity index (χ2n) is 4.36. The van der Waals surface area contributed by atoms with Gasteiger partial charge in [-0.15, -0.1) is 11.3 Å². The van der Waals surface area contributed by atoms with E-state index in [0.717, 1.165) is 4.88 Å². The molecule has 0 bridgehead atoms. The van der Waals surface area contributed by atoms with Crippen LogP contribution in [-0.4, -0.2) is 35.4 Å². The topological polar surface area (TPSA) is 86.2 Å². The predicted octanol–water partition coefficient (Wildman–Crippen LogP) is 2.42. The van der Waals surface area contributed by atoms with E-state index in [1.807, 2.05) is 6.07 Å². The van der Waals surface area contributed by atoms with Crippen LogP contribution in [0.3, 0.4) is 0 Å². The number of methoxy groups -OCH3 is 1. The van der Waals surface area contributed by atoms with Crippen molar-refractivity contribution < 1.29 is 14.3 Å². The van der Waals surface area contributed by atoms with Crippen LogP contribution < -0.4 is 0 Å². The van der Waals surface area contributed by atoms with E-state index >= 15 is 0 Å². The molecule has 1 amide bonds. The van der Waals surface area contributed by atoms with Crippen molar-refractivity contribution in [2.24, 2.45) is 0 Å². The molecule has 0 saturated heterocycles. The lowest BCUT2D eigenvalue weighted by molar-refractivity contribution is -0.141. The SMILES string of the molecule is COC(=O)CN(Cc1ccc(Cl)s1)C(=O)c1c[nH]c(C#N)c1. The Morgan fingerprint density at radius 2 is 2.27 bits per heavy atom. The number of hydrogen-bond donors (Lipinski definition) is 1. The van der Waals surface area contributed by atoms with E-state index in [1.54, 1.807) is 12.1 Å². The second kappa shape index (κ2) is 7.11. The third kappa shape index (κ3) is 3.87. The summed E-state index contributed by atoms with van der Waals surface area (Å²) in [7, 11) is 1.26. The van der Waals surface area contributed by atoms with Crippen molar-refractivity contribution in [3.8, 4) is 6.07 Å². The fourth-order valence-corrected chi connectivity index (χ4v) is 2.91. The molecule has 2 aromatic heterocycles. The number of nitrogens with one attached hydrogen (secondary N) is 1. The van der Waals surface area contributed by atoms with Crippen molar-refractivity contribution >= 4 is 34.8 Å². The average Bonchev–Trinajstić information content (AvgIpc) is 3.14. The van der Waals surface area contributed by atoms with Gasteiger partial charge in [0.05, 0.1) is 23.6 Å². The fraction of sp³-hybridized carbons (Fsp3) is 0.214. The largest absolute Gasteiger partial charge is 0.468 e. The summed E-state index contributed by atoms with van der Waals surface area (Å²) in [5, 5.41) is 8.80. The normalized spacial score (nSPS) is 10.0. The Morgan fingerprint density at radius 1 is 1.50 bits per heavy atom. The first-order valence-corrected chi connectivity index (χ1v) is 7.41. The number of nitriles is 1. The third-order valence-electron chi connectivity index (χ3n) is 2.86. The number of carbonyl (C=O) groups is 2. The molecular formula is C14H12ClN3O3S. The minimum absolute atomic E-state index is 0.183. The molecule has 22 heavy (non-hydrogen) atoms. The number of aromatic nitrogens is 1. The van der Waals surface area contributed by atoms with Gasteiger partial charge in [0.15, 0.2) is 0 Å². The minimum Gasteiger partial charge on any atom is -0.468 e. The molecule has 0 fully saturated rings. The van der Waals surface area contributed by atoms with Gasteiger partial charge in [-0.2, -0.15) is 5.26 Å². The van der Waals surface area contributed by atoms with E-state index in [9.17, 15) is 9.59 Å². The van der Waals surface area contributed by atoms with Crippen LogP contribution in [-0.2, 0) is 16.1 Å². The highest BCUT2D eigenvalue weighted by atomic mass is 35.5. The maximum Gasteiger partial charge on any atom is 0.325 e. The zero-order valence-corrected chi connectivity index (χ0v) is 13.2. The van der Waals surface area contributed by atoms with Crippen LogP contribution in [0.25, 0.3) is 0 Å². The lowest BCUT2D eigenvalue weighted by Gasteiger charge is -2.20. The summed E-state index contributed by atoms with van der Waals surface area (Å²) in [4.78, 5) is 28.9. The highest BCUT2D eigenvalue weighted by molar-refractivity contribution is 7.16. The molecule has 2 heterocycles. The molecule has 6 nitrogen and oxygen atoms in total. The number of nitrogens with zero attached hydrogens (tertiary/aromatic N) is 2. The second-order valence-corrected chi connectivity index (χ2v) is 6.16. The van der Waals surface area contributed by atoms with E-state index < -0.39 is 5.97 Å². The number of halogens is 1. The zero-order chi connectivity index (χ0) is 16.1. The fourth-order valence-electron chi connectivity index (χ4n) is 1.81. The Hall–Kier alpha value is -2.30. The van der Waals surface area contributed by atoms with Crippen LogP contribution in [0, 0.1) is 11.3 Å². The molecule has 0 aliphatic rings. The number of hydrogen-bond acceptors (Lipinski definition) is 5. The molecule has 2 aromatic rings. The van der Waals surface area contributed by atoms with Gasteiger partial charge in [-0.1, -0.05) is 11.6 Å². The average molecular weight is 338 g/mol. The van der Waals surface area contributed by atoms with Gasteiger partial charge in [0.25, 0.3) is 5.91 Å². The number of amides is 1. The van der Waals surface area contributed by atoms with Crippen LogP contribution in [0.5, 0.6) is 0 Å². The number of rotatable bonds is 5. The van der Waals surface area contributed by atoms with Crippen molar-refractivity contribution in [3.05, 3.63) is 44.9 Å². The summed E-state index contributed by atoms with van der Waals surface area (Å²) in [6, 6.07) is 6.87. The molecule has 0 spiro atoms. The first-order valence-electron chi connectivity index (χ1n) is 6.22. The molecule has 0 saturated carbocycles. The van der Waals surface area contributed by atoms with Crippen molar-refractivity contribution in [1.29, 1.82) is 5.26 Å². The number of ether oxygens (including phenoxy) is 1. The summed E-state index contributed by atoms with van der Waals surface area (Å²) < 4.78 is 5.23. The Morgan fingerprint density at radius 3 is 2.82 bits per heavy atom. The minimum atomic E-state index is -0.521. The lowest BCUT2D eigenvalue weighted by Crippen LogP contribution is -2.35. The molecule has 0 aliphatic carbocycles. The number of thiophene rings is 1. The molecule has 8 heteroatoms. The van der Waals surface area contributed by atoms with E-state index in [2.05, 4.69) is 9.72 Å². The molecule has 0 atom stereocenters. The molecular weight excluding hydrogens is 326 g/mol. The van der Waals surface area contributed by atoms with Crippen LogP contribution in [0.1, 0.15) is 20.9 Å². The van der Waals surface area contributed by atoms with Crippen molar-refractivity contribution in [2.45, 2.75) is 6.54 Å². The van der Waals surface area contributed by atoms with Crippen LogP contribution in [0.4, 0.5) is 0 Å². The molecule has 2 rings (SSSR count). The Labute approximate surface area is 135 Å². The van der Waals surface area contributed by atoms with Gasteiger partial charge in [0, 0.05) is 11.1 Å². The van der Waals surface area contributed by atoms with Crippen LogP contribution >= 0.6 is 22.9 Å². The zero-order valence-electron chi connectivity index (χ0n) is 11.6. The number of aromatic amines is 1. The van der Waals surface area contributed by atoms with Crippen molar-refractivity contribution in [2.75, 3.05) is 13.7 Å². The lowest BCUT2D eigenvalue weighted by atomic mass is 10.2. The third-order valence-corrected chi connectivity index (χ3v) is 4.08. The first-order chi connectivity index (χ1) is 10.5. The number of H-pyrrole nitrogens is 1. The van der Waals surface area contributed by atoms with E-state index in [1.165, 1.54) is 35.6 Å². The molecule has 0 unspecified atom stereocenters. The Kier molecular flexibility index (Phi) is 5.20. The summed E-state index contributed by atoms with van der Waals surface area (Å²) in [5.41, 5.74) is 0.587. The summed E-state index contributed by atoms with van der Waals surface area (Å²) in [5.74, 6) is -0.889. The quantitative estimate of drug-likeness (QED) is 0.849. The predicted molar refractivity (Wildman–Crippen MR) is 81.6 cm³/mol.